The van der Waals surface area contributed by atoms with Crippen LogP contribution in [0.2, 0.25) is 0 Å². The first-order chi connectivity index (χ1) is 10.6. The number of carbonyl (C=O) groups excluding carboxylic acids is 2. The molecular formula is C16H13N3O3. The van der Waals surface area contributed by atoms with Crippen LogP contribution in [0.3, 0.4) is 0 Å². The molecule has 1 heterocycles. The van der Waals surface area contributed by atoms with Crippen LogP contribution in [0, 0.1) is 11.3 Å². The Bertz CT molecular complexity index is 723. The van der Waals surface area contributed by atoms with Crippen molar-refractivity contribution in [3.63, 3.8) is 0 Å². The van der Waals surface area contributed by atoms with Crippen LogP contribution in [-0.2, 0) is 9.53 Å². The number of pyridine rings is 1. The summed E-state index contributed by atoms with van der Waals surface area (Å²) in [6.45, 7) is 1.45. The highest BCUT2D eigenvalue weighted by atomic mass is 16.5. The first kappa shape index (κ1) is 15.2. The van der Waals surface area contributed by atoms with Crippen LogP contribution in [0.15, 0.2) is 48.7 Å². The van der Waals surface area contributed by atoms with Gasteiger partial charge in [-0.3, -0.25) is 4.79 Å². The molecule has 1 amide bonds. The molecule has 0 spiro atoms. The number of carbonyl (C=O) groups is 2. The van der Waals surface area contributed by atoms with E-state index in [1.54, 1.807) is 36.4 Å². The summed E-state index contributed by atoms with van der Waals surface area (Å²) in [6.07, 6.45) is 0.450. The normalized spacial score (nSPS) is 11.1. The zero-order chi connectivity index (χ0) is 15.9. The number of nitrogens with one attached hydrogen (secondary N) is 1. The van der Waals surface area contributed by atoms with E-state index in [0.29, 0.717) is 11.3 Å². The monoisotopic (exact) mass is 295 g/mol. The average molecular weight is 295 g/mol. The van der Waals surface area contributed by atoms with Crippen LogP contribution in [0.5, 0.6) is 0 Å². The van der Waals surface area contributed by atoms with E-state index < -0.39 is 18.0 Å². The van der Waals surface area contributed by atoms with Gasteiger partial charge in [-0.15, -0.1) is 0 Å². The Morgan fingerprint density at radius 1 is 1.23 bits per heavy atom. The SMILES string of the molecule is C[C@H](OC(=O)c1ccccn1)C(=O)Nc1ccccc1C#N. The molecule has 0 unspecified atom stereocenters. The molecule has 1 atom stereocenters. The molecule has 0 aliphatic carbocycles. The van der Waals surface area contributed by atoms with E-state index in [1.165, 1.54) is 19.2 Å². The van der Waals surface area contributed by atoms with Crippen LogP contribution in [0.25, 0.3) is 0 Å². The summed E-state index contributed by atoms with van der Waals surface area (Å²) in [5.74, 6) is -1.20. The molecule has 0 aliphatic heterocycles. The topological polar surface area (TPSA) is 92.1 Å². The molecule has 0 saturated heterocycles. The number of hydrogen-bond donors (Lipinski definition) is 1. The van der Waals surface area contributed by atoms with Crippen LogP contribution in [0.4, 0.5) is 5.69 Å². The largest absolute Gasteiger partial charge is 0.448 e. The molecule has 1 N–H and O–H groups in total. The lowest BCUT2D eigenvalue weighted by Gasteiger charge is -2.13. The van der Waals surface area contributed by atoms with Crippen molar-refractivity contribution in [3.8, 4) is 6.07 Å². The van der Waals surface area contributed by atoms with Gasteiger partial charge in [0, 0.05) is 6.20 Å². The molecule has 0 bridgehead atoms. The van der Waals surface area contributed by atoms with Crippen molar-refractivity contribution in [2.45, 2.75) is 13.0 Å². The standard InChI is InChI=1S/C16H13N3O3/c1-11(22-16(21)14-8-4-5-9-18-14)15(20)19-13-7-3-2-6-12(13)10-17/h2-9,11H,1H3,(H,19,20)/t11-/m0/s1. The van der Waals surface area contributed by atoms with Gasteiger partial charge in [0.2, 0.25) is 0 Å². The third-order valence-electron chi connectivity index (χ3n) is 2.83. The maximum absolute atomic E-state index is 12.0. The third-order valence-corrected chi connectivity index (χ3v) is 2.83. The Morgan fingerprint density at radius 2 is 1.95 bits per heavy atom. The van der Waals surface area contributed by atoms with Gasteiger partial charge >= 0.3 is 5.97 Å². The van der Waals surface area contributed by atoms with Gasteiger partial charge in [0.15, 0.2) is 6.10 Å². The van der Waals surface area contributed by atoms with Crippen molar-refractivity contribution in [2.75, 3.05) is 5.32 Å². The minimum atomic E-state index is -1.01. The lowest BCUT2D eigenvalue weighted by atomic mass is 10.2. The highest BCUT2D eigenvalue weighted by Gasteiger charge is 2.20. The summed E-state index contributed by atoms with van der Waals surface area (Å²) in [4.78, 5) is 27.7. The zero-order valence-corrected chi connectivity index (χ0v) is 11.8. The van der Waals surface area contributed by atoms with E-state index in [1.807, 2.05) is 6.07 Å². The van der Waals surface area contributed by atoms with Gasteiger partial charge in [-0.05, 0) is 31.2 Å². The second-order valence-electron chi connectivity index (χ2n) is 4.41. The number of benzene rings is 1. The molecule has 0 radical (unpaired) electrons. The fraction of sp³-hybridized carbons (Fsp3) is 0.125. The average Bonchev–Trinajstić information content (AvgIpc) is 2.56. The molecular weight excluding hydrogens is 282 g/mol. The number of rotatable bonds is 4. The second kappa shape index (κ2) is 6.99. The highest BCUT2D eigenvalue weighted by Crippen LogP contribution is 2.14. The summed E-state index contributed by atoms with van der Waals surface area (Å²) < 4.78 is 5.05. The van der Waals surface area contributed by atoms with Crippen molar-refractivity contribution in [3.05, 3.63) is 59.9 Å². The number of ether oxygens (including phenoxy) is 1. The molecule has 0 saturated carbocycles. The van der Waals surface area contributed by atoms with Crippen molar-refractivity contribution in [1.29, 1.82) is 5.26 Å². The number of para-hydroxylation sites is 1. The fourth-order valence-corrected chi connectivity index (χ4v) is 1.68. The maximum Gasteiger partial charge on any atom is 0.357 e. The molecule has 6 heteroatoms. The van der Waals surface area contributed by atoms with E-state index in [9.17, 15) is 9.59 Å². The van der Waals surface area contributed by atoms with E-state index in [0.717, 1.165) is 0 Å². The Hall–Kier alpha value is -3.20. The fourth-order valence-electron chi connectivity index (χ4n) is 1.68. The van der Waals surface area contributed by atoms with Crippen LogP contribution in [0.1, 0.15) is 23.0 Å². The summed E-state index contributed by atoms with van der Waals surface area (Å²) >= 11 is 0. The highest BCUT2D eigenvalue weighted by molar-refractivity contribution is 5.97. The summed E-state index contributed by atoms with van der Waals surface area (Å²) in [6, 6.07) is 13.4. The van der Waals surface area contributed by atoms with E-state index in [2.05, 4.69) is 10.3 Å². The molecule has 1 aromatic carbocycles. The van der Waals surface area contributed by atoms with Crippen molar-refractivity contribution in [2.24, 2.45) is 0 Å². The number of nitrogens with zero attached hydrogens (tertiary/aromatic N) is 2. The van der Waals surface area contributed by atoms with Gasteiger partial charge in [-0.25, -0.2) is 9.78 Å². The van der Waals surface area contributed by atoms with Crippen molar-refractivity contribution in [1.82, 2.24) is 4.98 Å². The van der Waals surface area contributed by atoms with E-state index in [-0.39, 0.29) is 5.69 Å². The van der Waals surface area contributed by atoms with Gasteiger partial charge < -0.3 is 10.1 Å². The number of amides is 1. The van der Waals surface area contributed by atoms with Gasteiger partial charge in [0.1, 0.15) is 11.8 Å². The predicted molar refractivity (Wildman–Crippen MR) is 78.9 cm³/mol. The molecule has 2 aromatic rings. The van der Waals surface area contributed by atoms with Crippen LogP contribution >= 0.6 is 0 Å². The first-order valence-corrected chi connectivity index (χ1v) is 6.54. The van der Waals surface area contributed by atoms with Gasteiger partial charge in [-0.1, -0.05) is 18.2 Å². The molecule has 0 fully saturated rings. The van der Waals surface area contributed by atoms with Gasteiger partial charge in [0.05, 0.1) is 11.3 Å². The maximum atomic E-state index is 12.0. The first-order valence-electron chi connectivity index (χ1n) is 6.54. The second-order valence-corrected chi connectivity index (χ2v) is 4.41. The van der Waals surface area contributed by atoms with Gasteiger partial charge in [0.25, 0.3) is 5.91 Å². The smallest absolute Gasteiger partial charge is 0.357 e. The Labute approximate surface area is 127 Å². The van der Waals surface area contributed by atoms with Gasteiger partial charge in [-0.2, -0.15) is 5.26 Å². The Balaban J connectivity index is 2.01. The minimum Gasteiger partial charge on any atom is -0.448 e. The summed E-state index contributed by atoms with van der Waals surface area (Å²) in [5, 5.41) is 11.5. The Morgan fingerprint density at radius 3 is 2.64 bits per heavy atom. The quantitative estimate of drug-likeness (QED) is 0.872. The van der Waals surface area contributed by atoms with E-state index >= 15 is 0 Å². The molecule has 1 aromatic heterocycles. The predicted octanol–water partition coefficient (Wildman–Crippen LogP) is 2.14. The zero-order valence-electron chi connectivity index (χ0n) is 11.8. The third kappa shape index (κ3) is 3.67. The lowest BCUT2D eigenvalue weighted by Crippen LogP contribution is -2.30. The lowest BCUT2D eigenvalue weighted by molar-refractivity contribution is -0.123. The molecule has 22 heavy (non-hydrogen) atoms. The number of anilines is 1. The number of esters is 1. The summed E-state index contributed by atoms with van der Waals surface area (Å²) in [7, 11) is 0. The van der Waals surface area contributed by atoms with Crippen molar-refractivity contribution < 1.29 is 14.3 Å². The number of nitriles is 1. The number of hydrogen-bond acceptors (Lipinski definition) is 5. The Kier molecular flexibility index (Phi) is 4.83. The molecule has 6 nitrogen and oxygen atoms in total. The molecule has 110 valence electrons. The van der Waals surface area contributed by atoms with Crippen LogP contribution < -0.4 is 5.32 Å². The van der Waals surface area contributed by atoms with Crippen LogP contribution in [-0.4, -0.2) is 23.0 Å². The minimum absolute atomic E-state index is 0.125. The summed E-state index contributed by atoms with van der Waals surface area (Å²) in [5.41, 5.74) is 0.828. The number of aromatic nitrogens is 1. The van der Waals surface area contributed by atoms with Crippen molar-refractivity contribution >= 4 is 17.6 Å². The van der Waals surface area contributed by atoms with E-state index in [4.69, 9.17) is 10.00 Å². The molecule has 2 rings (SSSR count). The molecule has 0 aliphatic rings.